The van der Waals surface area contributed by atoms with Gasteiger partial charge in [-0.25, -0.2) is 4.79 Å². The number of aromatic carboxylic acids is 1. The SMILES string of the molecule is CC(C)(C)C1CCc2noc(C(=O)O)c2C1. The molecule has 16 heavy (non-hydrogen) atoms. The van der Waals surface area contributed by atoms with Gasteiger partial charge in [0.2, 0.25) is 5.76 Å². The van der Waals surface area contributed by atoms with Crippen molar-refractivity contribution in [2.45, 2.75) is 40.0 Å². The van der Waals surface area contributed by atoms with Crippen LogP contribution in [-0.4, -0.2) is 16.2 Å². The molecule has 1 N–H and O–H groups in total. The first kappa shape index (κ1) is 11.2. The fraction of sp³-hybridized carbons (Fsp3) is 0.667. The predicted octanol–water partition coefficient (Wildman–Crippen LogP) is 2.52. The summed E-state index contributed by atoms with van der Waals surface area (Å²) in [5.41, 5.74) is 1.83. The molecule has 0 saturated carbocycles. The number of aryl methyl sites for hydroxylation is 1. The summed E-state index contributed by atoms with van der Waals surface area (Å²) < 4.78 is 4.89. The van der Waals surface area contributed by atoms with Crippen molar-refractivity contribution in [1.29, 1.82) is 0 Å². The van der Waals surface area contributed by atoms with Crippen LogP contribution in [0.25, 0.3) is 0 Å². The maximum atomic E-state index is 11.0. The molecular weight excluding hydrogens is 206 g/mol. The molecule has 1 heterocycles. The van der Waals surface area contributed by atoms with Crippen molar-refractivity contribution in [3.05, 3.63) is 17.0 Å². The zero-order valence-corrected chi connectivity index (χ0v) is 9.91. The third-order valence-corrected chi connectivity index (χ3v) is 3.47. The summed E-state index contributed by atoms with van der Waals surface area (Å²) in [7, 11) is 0. The van der Waals surface area contributed by atoms with Crippen molar-refractivity contribution >= 4 is 5.97 Å². The van der Waals surface area contributed by atoms with Crippen molar-refractivity contribution in [3.63, 3.8) is 0 Å². The lowest BCUT2D eigenvalue weighted by atomic mass is 9.71. The Morgan fingerprint density at radius 1 is 1.50 bits per heavy atom. The van der Waals surface area contributed by atoms with Crippen LogP contribution in [0.2, 0.25) is 0 Å². The van der Waals surface area contributed by atoms with E-state index in [1.807, 2.05) is 0 Å². The molecule has 0 aliphatic heterocycles. The van der Waals surface area contributed by atoms with Gasteiger partial charge in [0.1, 0.15) is 0 Å². The highest BCUT2D eigenvalue weighted by Gasteiger charge is 2.33. The monoisotopic (exact) mass is 223 g/mol. The molecule has 1 atom stereocenters. The minimum atomic E-state index is -1.01. The first-order chi connectivity index (χ1) is 7.39. The lowest BCUT2D eigenvalue weighted by Gasteiger charge is -2.33. The summed E-state index contributed by atoms with van der Waals surface area (Å²) in [4.78, 5) is 11.0. The van der Waals surface area contributed by atoms with Crippen molar-refractivity contribution in [2.24, 2.45) is 11.3 Å². The lowest BCUT2D eigenvalue weighted by molar-refractivity contribution is 0.0649. The van der Waals surface area contributed by atoms with Crippen LogP contribution in [-0.2, 0) is 12.8 Å². The van der Waals surface area contributed by atoms with E-state index in [4.69, 9.17) is 9.63 Å². The second-order valence-electron chi connectivity index (χ2n) is 5.55. The smallest absolute Gasteiger partial charge is 0.375 e. The maximum Gasteiger partial charge on any atom is 0.375 e. The predicted molar refractivity (Wildman–Crippen MR) is 58.4 cm³/mol. The van der Waals surface area contributed by atoms with Gasteiger partial charge in [0, 0.05) is 5.56 Å². The lowest BCUT2D eigenvalue weighted by Crippen LogP contribution is -2.27. The Morgan fingerprint density at radius 3 is 2.75 bits per heavy atom. The second-order valence-corrected chi connectivity index (χ2v) is 5.55. The summed E-state index contributed by atoms with van der Waals surface area (Å²) >= 11 is 0. The quantitative estimate of drug-likeness (QED) is 0.794. The molecule has 88 valence electrons. The minimum absolute atomic E-state index is 0.0314. The molecule has 1 aromatic heterocycles. The molecule has 1 aromatic rings. The molecule has 0 amide bonds. The molecule has 1 aliphatic rings. The van der Waals surface area contributed by atoms with Gasteiger partial charge < -0.3 is 9.63 Å². The van der Waals surface area contributed by atoms with Gasteiger partial charge >= 0.3 is 5.97 Å². The van der Waals surface area contributed by atoms with Crippen LogP contribution in [0.3, 0.4) is 0 Å². The van der Waals surface area contributed by atoms with Crippen LogP contribution in [0.15, 0.2) is 4.52 Å². The molecule has 0 aromatic carbocycles. The first-order valence-corrected chi connectivity index (χ1v) is 5.60. The normalized spacial score (nSPS) is 20.6. The van der Waals surface area contributed by atoms with E-state index >= 15 is 0 Å². The molecule has 2 rings (SSSR count). The van der Waals surface area contributed by atoms with E-state index in [1.165, 1.54) is 0 Å². The Morgan fingerprint density at radius 2 is 2.19 bits per heavy atom. The summed E-state index contributed by atoms with van der Waals surface area (Å²) in [6, 6.07) is 0. The molecule has 4 heteroatoms. The average Bonchev–Trinajstić information content (AvgIpc) is 2.58. The van der Waals surface area contributed by atoms with Gasteiger partial charge in [-0.05, 0) is 30.6 Å². The largest absolute Gasteiger partial charge is 0.475 e. The van der Waals surface area contributed by atoms with E-state index < -0.39 is 5.97 Å². The molecular formula is C12H17NO3. The Bertz CT molecular complexity index is 414. The van der Waals surface area contributed by atoms with Gasteiger partial charge in [-0.1, -0.05) is 25.9 Å². The standard InChI is InChI=1S/C12H17NO3/c1-12(2,3)7-4-5-9-8(6-7)10(11(14)15)16-13-9/h7H,4-6H2,1-3H3,(H,14,15). The number of rotatable bonds is 1. The fourth-order valence-corrected chi connectivity index (χ4v) is 2.32. The molecule has 4 nitrogen and oxygen atoms in total. The van der Waals surface area contributed by atoms with Crippen molar-refractivity contribution in [3.8, 4) is 0 Å². The van der Waals surface area contributed by atoms with Crippen LogP contribution in [0.4, 0.5) is 0 Å². The van der Waals surface area contributed by atoms with Gasteiger partial charge in [-0.2, -0.15) is 0 Å². The van der Waals surface area contributed by atoms with Crippen LogP contribution < -0.4 is 0 Å². The maximum absolute atomic E-state index is 11.0. The van der Waals surface area contributed by atoms with Crippen molar-refractivity contribution in [2.75, 3.05) is 0 Å². The second kappa shape index (κ2) is 3.61. The molecule has 1 unspecified atom stereocenters. The summed E-state index contributed by atoms with van der Waals surface area (Å²) in [6.07, 6.45) is 2.65. The molecule has 0 fully saturated rings. The first-order valence-electron chi connectivity index (χ1n) is 5.60. The molecule has 0 spiro atoms. The Kier molecular flexibility index (Phi) is 2.52. The number of hydrogen-bond donors (Lipinski definition) is 1. The Balaban J connectivity index is 2.31. The van der Waals surface area contributed by atoms with E-state index in [2.05, 4.69) is 25.9 Å². The highest BCUT2D eigenvalue weighted by molar-refractivity contribution is 5.86. The highest BCUT2D eigenvalue weighted by atomic mass is 16.5. The van der Waals surface area contributed by atoms with Crippen molar-refractivity contribution < 1.29 is 14.4 Å². The summed E-state index contributed by atoms with van der Waals surface area (Å²) in [5.74, 6) is -0.482. The van der Waals surface area contributed by atoms with Crippen LogP contribution in [0, 0.1) is 11.3 Å². The number of hydrogen-bond acceptors (Lipinski definition) is 3. The van der Waals surface area contributed by atoms with Crippen LogP contribution in [0.1, 0.15) is 49.0 Å². The average molecular weight is 223 g/mol. The third-order valence-electron chi connectivity index (χ3n) is 3.47. The molecule has 1 aliphatic carbocycles. The minimum Gasteiger partial charge on any atom is -0.475 e. The van der Waals surface area contributed by atoms with E-state index in [0.717, 1.165) is 30.5 Å². The third kappa shape index (κ3) is 1.84. The van der Waals surface area contributed by atoms with Gasteiger partial charge in [0.25, 0.3) is 0 Å². The number of aromatic nitrogens is 1. The van der Waals surface area contributed by atoms with Gasteiger partial charge in [0.05, 0.1) is 5.69 Å². The fourth-order valence-electron chi connectivity index (χ4n) is 2.32. The van der Waals surface area contributed by atoms with E-state index in [-0.39, 0.29) is 11.2 Å². The Hall–Kier alpha value is -1.32. The van der Waals surface area contributed by atoms with E-state index in [0.29, 0.717) is 5.92 Å². The van der Waals surface area contributed by atoms with Crippen LogP contribution >= 0.6 is 0 Å². The van der Waals surface area contributed by atoms with Crippen molar-refractivity contribution in [1.82, 2.24) is 5.16 Å². The number of nitrogens with zero attached hydrogens (tertiary/aromatic N) is 1. The number of fused-ring (bicyclic) bond motifs is 1. The number of carboxylic acids is 1. The van der Waals surface area contributed by atoms with Gasteiger partial charge in [0.15, 0.2) is 0 Å². The molecule has 0 radical (unpaired) electrons. The zero-order chi connectivity index (χ0) is 11.9. The van der Waals surface area contributed by atoms with E-state index in [1.54, 1.807) is 0 Å². The zero-order valence-electron chi connectivity index (χ0n) is 9.91. The summed E-state index contributed by atoms with van der Waals surface area (Å²) in [6.45, 7) is 6.57. The van der Waals surface area contributed by atoms with E-state index in [9.17, 15) is 4.79 Å². The molecule has 0 saturated heterocycles. The summed E-state index contributed by atoms with van der Waals surface area (Å²) in [5, 5.41) is 12.8. The Labute approximate surface area is 94.6 Å². The van der Waals surface area contributed by atoms with Crippen LogP contribution in [0.5, 0.6) is 0 Å². The van der Waals surface area contributed by atoms with Gasteiger partial charge in [-0.15, -0.1) is 0 Å². The molecule has 0 bridgehead atoms. The highest BCUT2D eigenvalue weighted by Crippen LogP contribution is 2.38. The topological polar surface area (TPSA) is 63.3 Å². The number of carbonyl (C=O) groups is 1. The van der Waals surface area contributed by atoms with Gasteiger partial charge in [-0.3, -0.25) is 0 Å². The number of carboxylic acid groups (broad SMARTS) is 1.